The first kappa shape index (κ1) is 22.5. The zero-order valence-corrected chi connectivity index (χ0v) is 19.0. The molecule has 0 aliphatic carbocycles. The summed E-state index contributed by atoms with van der Waals surface area (Å²) in [7, 11) is 8.69. The van der Waals surface area contributed by atoms with Gasteiger partial charge in [-0.3, -0.25) is 4.98 Å². The number of halogens is 2. The van der Waals surface area contributed by atoms with Crippen molar-refractivity contribution in [3.8, 4) is 11.4 Å². The molecule has 0 fully saturated rings. The number of nitrogens with zero attached hydrogens (tertiary/aromatic N) is 4. The fourth-order valence-corrected chi connectivity index (χ4v) is 3.12. The summed E-state index contributed by atoms with van der Waals surface area (Å²) in [5, 5.41) is 1.07. The van der Waals surface area contributed by atoms with Crippen LogP contribution in [0.5, 0.6) is 0 Å². The Balaban J connectivity index is 0.000000906. The number of hydrogen-bond donors (Lipinski definition) is 0. The number of likely N-dealkylation sites (N-methyl/N-ethyl adjacent to an activating group) is 1. The number of pyridine rings is 1. The van der Waals surface area contributed by atoms with E-state index in [2.05, 4.69) is 23.9 Å². The molecule has 4 nitrogen and oxygen atoms in total. The van der Waals surface area contributed by atoms with Crippen LogP contribution < -0.4 is 0 Å². The molecule has 0 saturated heterocycles. The topological polar surface area (TPSA) is 34.0 Å². The third-order valence-electron chi connectivity index (χ3n) is 4.35. The number of hydrogen-bond acceptors (Lipinski definition) is 3. The van der Waals surface area contributed by atoms with Crippen molar-refractivity contribution in [3.05, 3.63) is 68.0 Å². The van der Waals surface area contributed by atoms with Gasteiger partial charge in [0.1, 0.15) is 11.6 Å². The van der Waals surface area contributed by atoms with Crippen LogP contribution in [0.15, 0.2) is 54.7 Å². The van der Waals surface area contributed by atoms with Crippen LogP contribution in [0.2, 0.25) is 0 Å². The normalized spacial score (nSPS) is 10.7. The molecule has 0 unspecified atom stereocenters. The van der Waals surface area contributed by atoms with Gasteiger partial charge in [0, 0.05) is 36.3 Å². The molecule has 0 atom stereocenters. The molecule has 0 spiro atoms. The molecule has 2 heterocycles. The van der Waals surface area contributed by atoms with Crippen molar-refractivity contribution in [2.75, 3.05) is 20.6 Å². The van der Waals surface area contributed by atoms with Gasteiger partial charge >= 0.3 is 28.2 Å². The van der Waals surface area contributed by atoms with Gasteiger partial charge in [0.15, 0.2) is 0 Å². The molecule has 0 amide bonds. The maximum atomic E-state index is 13.7. The molecule has 150 valence electrons. The average molecular weight is 580 g/mol. The summed E-state index contributed by atoms with van der Waals surface area (Å²) in [5.74, 6) is 0.555. The Morgan fingerprint density at radius 3 is 2.61 bits per heavy atom. The van der Waals surface area contributed by atoms with Gasteiger partial charge in [-0.15, -0.1) is 0 Å². The molecule has 4 aromatic rings. The van der Waals surface area contributed by atoms with E-state index < -0.39 is 0 Å². The molecule has 0 N–H and O–H groups in total. The van der Waals surface area contributed by atoms with E-state index in [-0.39, 0.29) is 13.2 Å². The first-order chi connectivity index (χ1) is 13.1. The van der Waals surface area contributed by atoms with E-state index in [0.29, 0.717) is 5.52 Å². The van der Waals surface area contributed by atoms with Gasteiger partial charge in [0.25, 0.3) is 0 Å². The van der Waals surface area contributed by atoms with Crippen molar-refractivity contribution >= 4 is 31.4 Å². The third kappa shape index (κ3) is 4.60. The predicted molar refractivity (Wildman–Crippen MR) is 111 cm³/mol. The second-order valence-electron chi connectivity index (χ2n) is 6.40. The third-order valence-corrected chi connectivity index (χ3v) is 4.35. The van der Waals surface area contributed by atoms with Crippen LogP contribution in [0.4, 0.5) is 4.39 Å². The van der Waals surface area contributed by atoms with Gasteiger partial charge in [-0.1, -0.05) is 18.2 Å². The average Bonchev–Trinajstić information content (AvgIpc) is 3.04. The number of fused-ring (bicyclic) bond motifs is 2. The quantitative estimate of drug-likeness (QED) is 0.316. The van der Waals surface area contributed by atoms with Gasteiger partial charge in [0.05, 0.1) is 16.6 Å². The Hall–Kier alpha value is -1.81. The molecule has 28 heavy (non-hydrogen) atoms. The summed E-state index contributed by atoms with van der Waals surface area (Å²) in [4.78, 5) is 11.4. The first-order valence-corrected chi connectivity index (χ1v) is 11.2. The summed E-state index contributed by atoms with van der Waals surface area (Å²) in [6.45, 7) is 1.64. The van der Waals surface area contributed by atoms with Gasteiger partial charge in [-0.2, -0.15) is 0 Å². The van der Waals surface area contributed by atoms with E-state index in [0.717, 1.165) is 40.9 Å². The van der Waals surface area contributed by atoms with Crippen LogP contribution in [0, 0.1) is 13.2 Å². The number of rotatable bonds is 4. The first-order valence-electron chi connectivity index (χ1n) is 8.40. The Morgan fingerprint density at radius 2 is 1.86 bits per heavy atom. The minimum atomic E-state index is -0.271. The van der Waals surface area contributed by atoms with E-state index in [1.165, 1.54) is 12.1 Å². The SMILES string of the molecule is CN(C)CCn1c(-c2cccc3cccnc23)nc2cc(F)ccc21.[CH3-].[Cl][Pt+]. The maximum absolute atomic E-state index is 13.7. The monoisotopic (exact) mass is 579 g/mol. The summed E-state index contributed by atoms with van der Waals surface area (Å²) < 4.78 is 15.8. The van der Waals surface area contributed by atoms with Gasteiger partial charge < -0.3 is 16.9 Å². The molecule has 2 aromatic heterocycles. The van der Waals surface area contributed by atoms with Crippen LogP contribution in [-0.4, -0.2) is 40.1 Å². The molecule has 0 saturated carbocycles. The molecule has 0 aliphatic rings. The van der Waals surface area contributed by atoms with E-state index in [4.69, 9.17) is 4.98 Å². The number of aromatic nitrogens is 3. The summed E-state index contributed by atoms with van der Waals surface area (Å²) >= 11 is 1.61. The van der Waals surface area contributed by atoms with E-state index in [1.54, 1.807) is 31.0 Å². The summed E-state index contributed by atoms with van der Waals surface area (Å²) in [6, 6.07) is 14.8. The number of para-hydroxylation sites is 1. The fourth-order valence-electron chi connectivity index (χ4n) is 3.12. The van der Waals surface area contributed by atoms with Gasteiger partial charge in [-0.05, 0) is 38.4 Å². The second kappa shape index (κ2) is 10.1. The molecule has 4 rings (SSSR count). The predicted octanol–water partition coefficient (Wildman–Crippen LogP) is 5.09. The molecule has 7 heteroatoms. The van der Waals surface area contributed by atoms with Crippen LogP contribution >= 0.6 is 9.42 Å². The molecular weight excluding hydrogens is 558 g/mol. The van der Waals surface area contributed by atoms with Crippen molar-refractivity contribution in [1.82, 2.24) is 19.4 Å². The van der Waals surface area contributed by atoms with Crippen molar-refractivity contribution in [1.29, 1.82) is 0 Å². The standard InChI is InChI=1S/C20H19FN4.CH3.ClH.Pt/c1-24(2)11-12-25-18-9-8-15(21)13-17(18)23-20(25)16-7-3-5-14-6-4-10-22-19(14)16;;;/h3-10,13H,11-12H2,1-2H3;1H3;1H;/q;-1;;+2/p-1. The van der Waals surface area contributed by atoms with Gasteiger partial charge in [-0.25, -0.2) is 9.37 Å². The van der Waals surface area contributed by atoms with Crippen LogP contribution in [-0.2, 0) is 25.3 Å². The Morgan fingerprint density at radius 1 is 1.11 bits per heavy atom. The van der Waals surface area contributed by atoms with Crippen molar-refractivity contribution < 1.29 is 23.2 Å². The second-order valence-corrected chi connectivity index (χ2v) is 6.40. The van der Waals surface area contributed by atoms with E-state index in [1.807, 2.05) is 44.4 Å². The van der Waals surface area contributed by atoms with Gasteiger partial charge in [0.2, 0.25) is 0 Å². The molecular formula is C21H22ClFN4Pt. The summed E-state index contributed by atoms with van der Waals surface area (Å²) in [6.07, 6.45) is 1.79. The number of imidazole rings is 1. The summed E-state index contributed by atoms with van der Waals surface area (Å²) in [5.41, 5.74) is 3.48. The Labute approximate surface area is 180 Å². The van der Waals surface area contributed by atoms with Crippen molar-refractivity contribution in [2.24, 2.45) is 0 Å². The Kier molecular flexibility index (Phi) is 8.11. The zero-order chi connectivity index (χ0) is 19.4. The fraction of sp³-hybridized carbons (Fsp3) is 0.190. The van der Waals surface area contributed by atoms with Crippen molar-refractivity contribution in [2.45, 2.75) is 6.54 Å². The molecule has 0 radical (unpaired) electrons. The van der Waals surface area contributed by atoms with Crippen molar-refractivity contribution in [3.63, 3.8) is 0 Å². The molecule has 0 aliphatic heterocycles. The van der Waals surface area contributed by atoms with Crippen LogP contribution in [0.1, 0.15) is 0 Å². The number of benzene rings is 2. The van der Waals surface area contributed by atoms with Crippen LogP contribution in [0.3, 0.4) is 0 Å². The molecule has 2 aromatic carbocycles. The van der Waals surface area contributed by atoms with E-state index >= 15 is 0 Å². The van der Waals surface area contributed by atoms with E-state index in [9.17, 15) is 4.39 Å². The zero-order valence-electron chi connectivity index (χ0n) is 16.0. The Bertz CT molecular complexity index is 1060. The van der Waals surface area contributed by atoms with Crippen LogP contribution in [0.25, 0.3) is 33.3 Å². The molecule has 0 bridgehead atoms. The minimum absolute atomic E-state index is 0.